The van der Waals surface area contributed by atoms with Crippen LogP contribution in [0.1, 0.15) is 122 Å². The summed E-state index contributed by atoms with van der Waals surface area (Å²) in [5, 5.41) is 18.8. The molecule has 2 aliphatic heterocycles. The van der Waals surface area contributed by atoms with Crippen LogP contribution in [0.25, 0.3) is 0 Å². The summed E-state index contributed by atoms with van der Waals surface area (Å²) in [4.78, 5) is 22.3. The van der Waals surface area contributed by atoms with Crippen molar-refractivity contribution in [2.45, 2.75) is 141 Å². The van der Waals surface area contributed by atoms with E-state index in [0.717, 1.165) is 90.3 Å². The third-order valence-electron chi connectivity index (χ3n) is 7.65. The van der Waals surface area contributed by atoms with Gasteiger partial charge in [-0.25, -0.2) is 0 Å². The van der Waals surface area contributed by atoms with E-state index in [9.17, 15) is 14.7 Å². The lowest BCUT2D eigenvalue weighted by atomic mass is 9.88. The highest BCUT2D eigenvalue weighted by Crippen LogP contribution is 2.36. The Morgan fingerprint density at radius 3 is 2.08 bits per heavy atom. The normalized spacial score (nSPS) is 28.1. The first-order chi connectivity index (χ1) is 18.0. The number of ketones is 1. The van der Waals surface area contributed by atoms with Crippen LogP contribution < -0.4 is 0 Å². The molecule has 0 amide bonds. The number of aliphatic carboxylic acids is 1. The molecule has 0 radical (unpaired) electrons. The average Bonchev–Trinajstić information content (AvgIpc) is 3.25. The zero-order chi connectivity index (χ0) is 26.7. The molecule has 5 unspecified atom stereocenters. The first kappa shape index (κ1) is 31.9. The Labute approximate surface area is 224 Å². The largest absolute Gasteiger partial charge is 0.481 e. The van der Waals surface area contributed by atoms with Crippen molar-refractivity contribution in [3.05, 3.63) is 12.2 Å². The molecule has 2 heterocycles. The highest BCUT2D eigenvalue weighted by molar-refractivity contribution is 5.89. The summed E-state index contributed by atoms with van der Waals surface area (Å²) in [5.74, 6) is 0.0468. The maximum Gasteiger partial charge on any atom is 0.303 e. The molecule has 1 aliphatic carbocycles. The molecule has 0 bridgehead atoms. The highest BCUT2D eigenvalue weighted by Gasteiger charge is 2.32. The third-order valence-corrected chi connectivity index (χ3v) is 7.65. The van der Waals surface area contributed by atoms with E-state index in [4.69, 9.17) is 19.3 Å². The molecule has 0 aromatic carbocycles. The Kier molecular flexibility index (Phi) is 17.0. The number of rotatable bonds is 15. The minimum absolute atomic E-state index is 0.00292. The van der Waals surface area contributed by atoms with Crippen molar-refractivity contribution in [2.75, 3.05) is 13.2 Å². The second kappa shape index (κ2) is 19.7. The summed E-state index contributed by atoms with van der Waals surface area (Å²) in [6.07, 6.45) is 20.9. The Balaban J connectivity index is 0.000000308. The predicted octanol–water partition coefficient (Wildman–Crippen LogP) is 6.56. The van der Waals surface area contributed by atoms with Crippen LogP contribution in [0, 0.1) is 11.8 Å². The van der Waals surface area contributed by atoms with E-state index in [1.54, 1.807) is 6.08 Å². The average molecular weight is 525 g/mol. The minimum Gasteiger partial charge on any atom is -0.481 e. The van der Waals surface area contributed by atoms with Crippen molar-refractivity contribution in [3.8, 4) is 0 Å². The van der Waals surface area contributed by atoms with Crippen molar-refractivity contribution in [1.29, 1.82) is 0 Å². The number of aliphatic hydroxyl groups is 1. The van der Waals surface area contributed by atoms with Crippen LogP contribution in [-0.2, 0) is 23.8 Å². The van der Waals surface area contributed by atoms with E-state index in [0.29, 0.717) is 12.3 Å². The number of carboxylic acids is 1. The molecule has 0 spiro atoms. The van der Waals surface area contributed by atoms with Crippen molar-refractivity contribution >= 4 is 11.8 Å². The van der Waals surface area contributed by atoms with Gasteiger partial charge in [0.25, 0.3) is 0 Å². The maximum absolute atomic E-state index is 11.9. The van der Waals surface area contributed by atoms with E-state index in [1.165, 1.54) is 25.7 Å². The number of allylic oxidation sites excluding steroid dienone is 2. The third kappa shape index (κ3) is 14.4. The monoisotopic (exact) mass is 524 g/mol. The quantitative estimate of drug-likeness (QED) is 0.185. The molecule has 7 heteroatoms. The number of hydrogen-bond donors (Lipinski definition) is 2. The van der Waals surface area contributed by atoms with Gasteiger partial charge in [-0.05, 0) is 88.5 Å². The summed E-state index contributed by atoms with van der Waals surface area (Å²) in [7, 11) is 0. The molecular weight excluding hydrogens is 472 g/mol. The molecule has 5 atom stereocenters. The second-order valence-electron chi connectivity index (χ2n) is 10.8. The molecule has 2 saturated heterocycles. The zero-order valence-electron chi connectivity index (χ0n) is 23.1. The van der Waals surface area contributed by atoms with Crippen molar-refractivity contribution < 1.29 is 34.0 Å². The molecule has 0 aromatic rings. The van der Waals surface area contributed by atoms with Gasteiger partial charge in [-0.1, -0.05) is 45.1 Å². The minimum atomic E-state index is -0.727. The summed E-state index contributed by atoms with van der Waals surface area (Å²) >= 11 is 0. The summed E-state index contributed by atoms with van der Waals surface area (Å²) < 4.78 is 16.6. The number of unbranched alkanes of at least 4 members (excludes halogenated alkanes) is 5. The predicted molar refractivity (Wildman–Crippen MR) is 144 cm³/mol. The van der Waals surface area contributed by atoms with Crippen LogP contribution in [0.2, 0.25) is 0 Å². The molecule has 7 nitrogen and oxygen atoms in total. The van der Waals surface area contributed by atoms with Gasteiger partial charge in [-0.3, -0.25) is 9.59 Å². The number of carboxylic acid groups (broad SMARTS) is 1. The van der Waals surface area contributed by atoms with Gasteiger partial charge in [-0.2, -0.15) is 0 Å². The topological polar surface area (TPSA) is 102 Å². The smallest absolute Gasteiger partial charge is 0.303 e. The van der Waals surface area contributed by atoms with Crippen LogP contribution in [0.3, 0.4) is 0 Å². The molecule has 3 rings (SSSR count). The molecule has 214 valence electrons. The fourth-order valence-corrected chi connectivity index (χ4v) is 5.40. The van der Waals surface area contributed by atoms with Crippen LogP contribution in [0.4, 0.5) is 0 Å². The van der Waals surface area contributed by atoms with Crippen LogP contribution in [0.15, 0.2) is 12.2 Å². The molecule has 2 N–H and O–H groups in total. The van der Waals surface area contributed by atoms with E-state index in [-0.39, 0.29) is 36.8 Å². The number of ether oxygens (including phenoxy) is 3. The first-order valence-corrected chi connectivity index (χ1v) is 15.0. The first-order valence-electron chi connectivity index (χ1n) is 15.0. The van der Waals surface area contributed by atoms with Crippen molar-refractivity contribution in [1.82, 2.24) is 0 Å². The summed E-state index contributed by atoms with van der Waals surface area (Å²) in [6, 6.07) is 0. The number of aliphatic hydroxyl groups excluding tert-OH is 1. The Morgan fingerprint density at radius 1 is 0.838 bits per heavy atom. The SMILES string of the molecule is C1CCC(OC2CCCCO2)OC1.CCCCCC(=O)C=CC1CCC(O)C1CCCCCCC(=O)O. The van der Waals surface area contributed by atoms with Gasteiger partial charge in [0.05, 0.1) is 6.10 Å². The molecule has 0 aromatic heterocycles. The lowest BCUT2D eigenvalue weighted by molar-refractivity contribution is -0.264. The molecular formula is C30H52O7. The second-order valence-corrected chi connectivity index (χ2v) is 10.8. The lowest BCUT2D eigenvalue weighted by Crippen LogP contribution is -2.31. The van der Waals surface area contributed by atoms with Gasteiger partial charge in [-0.15, -0.1) is 0 Å². The van der Waals surface area contributed by atoms with Crippen LogP contribution >= 0.6 is 0 Å². The molecule has 3 fully saturated rings. The molecule has 3 aliphatic rings. The van der Waals surface area contributed by atoms with Gasteiger partial charge >= 0.3 is 5.97 Å². The van der Waals surface area contributed by atoms with Crippen LogP contribution in [-0.4, -0.2) is 53.9 Å². The zero-order valence-corrected chi connectivity index (χ0v) is 23.1. The van der Waals surface area contributed by atoms with E-state index in [2.05, 4.69) is 6.92 Å². The Hall–Kier alpha value is -1.28. The fraction of sp³-hybridized carbons (Fsp3) is 0.867. The van der Waals surface area contributed by atoms with Gasteiger partial charge in [0, 0.05) is 26.1 Å². The number of hydrogen-bond acceptors (Lipinski definition) is 6. The summed E-state index contributed by atoms with van der Waals surface area (Å²) in [5.41, 5.74) is 0. The lowest BCUT2D eigenvalue weighted by Gasteiger charge is -2.29. The van der Waals surface area contributed by atoms with Gasteiger partial charge in [0.1, 0.15) is 0 Å². The van der Waals surface area contributed by atoms with Gasteiger partial charge in [0.2, 0.25) is 0 Å². The van der Waals surface area contributed by atoms with E-state index in [1.807, 2.05) is 6.08 Å². The highest BCUT2D eigenvalue weighted by atomic mass is 16.8. The standard InChI is InChI=1S/C20H34O4.C10H18O3/c1-2-3-6-9-17(21)14-12-16-13-15-19(22)18(16)10-7-4-5-8-11-20(23)24;1-3-7-11-9(5-1)13-10-6-2-4-8-12-10/h12,14,16,18-19,22H,2-11,13,15H2,1H3,(H,23,24);9-10H,1-8H2. The number of carbonyl (C=O) groups is 2. The van der Waals surface area contributed by atoms with Gasteiger partial charge < -0.3 is 24.4 Å². The Morgan fingerprint density at radius 2 is 1.49 bits per heavy atom. The van der Waals surface area contributed by atoms with E-state index < -0.39 is 5.97 Å². The van der Waals surface area contributed by atoms with Crippen molar-refractivity contribution in [3.63, 3.8) is 0 Å². The fourth-order valence-electron chi connectivity index (χ4n) is 5.40. The summed E-state index contributed by atoms with van der Waals surface area (Å²) in [6.45, 7) is 3.82. The number of carbonyl (C=O) groups excluding carboxylic acids is 1. The Bertz CT molecular complexity index is 622. The van der Waals surface area contributed by atoms with E-state index >= 15 is 0 Å². The van der Waals surface area contributed by atoms with Gasteiger partial charge in [0.15, 0.2) is 18.4 Å². The molecule has 37 heavy (non-hydrogen) atoms. The van der Waals surface area contributed by atoms with Crippen LogP contribution in [0.5, 0.6) is 0 Å². The molecule has 1 saturated carbocycles. The maximum atomic E-state index is 11.9. The van der Waals surface area contributed by atoms with Crippen molar-refractivity contribution in [2.24, 2.45) is 11.8 Å².